The second-order valence-electron chi connectivity index (χ2n) is 7.93. The van der Waals surface area contributed by atoms with Gasteiger partial charge in [0, 0.05) is 37.6 Å². The van der Waals surface area contributed by atoms with Crippen LogP contribution in [0.3, 0.4) is 0 Å². The molecule has 5 nitrogen and oxygen atoms in total. The largest absolute Gasteiger partial charge is 0.416 e. The molecule has 1 aliphatic heterocycles. The van der Waals surface area contributed by atoms with Crippen molar-refractivity contribution in [2.45, 2.75) is 12.1 Å². The number of rotatable bonds is 5. The zero-order chi connectivity index (χ0) is 23.4. The van der Waals surface area contributed by atoms with Gasteiger partial charge in [-0.1, -0.05) is 48.5 Å². The number of anilines is 2. The van der Waals surface area contributed by atoms with Gasteiger partial charge in [0.15, 0.2) is 0 Å². The molecule has 172 valence electrons. The smallest absolute Gasteiger partial charge is 0.368 e. The fraction of sp³-hybridized carbons (Fsp3) is 0.240. The number of carbonyl (C=O) groups is 1. The van der Waals surface area contributed by atoms with Crippen molar-refractivity contribution in [3.05, 3.63) is 95.6 Å². The van der Waals surface area contributed by atoms with Crippen molar-refractivity contribution < 1.29 is 23.2 Å². The van der Waals surface area contributed by atoms with Crippen LogP contribution in [0.1, 0.15) is 22.6 Å². The van der Waals surface area contributed by atoms with Gasteiger partial charge < -0.3 is 9.80 Å². The molecule has 0 aliphatic carbocycles. The fourth-order valence-corrected chi connectivity index (χ4v) is 4.18. The quantitative estimate of drug-likeness (QED) is 0.434. The molecule has 1 amide bonds. The summed E-state index contributed by atoms with van der Waals surface area (Å²) in [7, 11) is 0. The minimum atomic E-state index is -4.36. The third-order valence-corrected chi connectivity index (χ3v) is 5.92. The number of nitrogens with one attached hydrogen (secondary N) is 1. The van der Waals surface area contributed by atoms with Crippen molar-refractivity contribution in [2.75, 3.05) is 36.0 Å². The van der Waals surface area contributed by atoms with Crippen LogP contribution in [-0.4, -0.2) is 37.3 Å². The van der Waals surface area contributed by atoms with E-state index in [0.717, 1.165) is 22.9 Å². The van der Waals surface area contributed by atoms with Gasteiger partial charge in [0.2, 0.25) is 0 Å². The van der Waals surface area contributed by atoms with Gasteiger partial charge in [0.25, 0.3) is 5.91 Å². The maximum Gasteiger partial charge on any atom is 0.416 e. The standard InChI is InChI=1S/C25H24F3N3O2/c26-25(27,28)20-7-4-8-22(17-20)31-15-13-30(14-16-31)21-11-9-19(10-12-21)23(24(32)29-33)18-5-2-1-3-6-18/h1-12,17,23,33H,13-16H2,(H,29,32). The summed E-state index contributed by atoms with van der Waals surface area (Å²) in [5.41, 5.74) is 4.17. The van der Waals surface area contributed by atoms with Gasteiger partial charge in [-0.2, -0.15) is 13.2 Å². The first-order chi connectivity index (χ1) is 15.9. The van der Waals surface area contributed by atoms with Crippen LogP contribution in [-0.2, 0) is 11.0 Å². The number of benzene rings is 3. The Labute approximate surface area is 190 Å². The molecule has 2 N–H and O–H groups in total. The van der Waals surface area contributed by atoms with E-state index in [-0.39, 0.29) is 0 Å². The van der Waals surface area contributed by atoms with Crippen LogP contribution in [0.4, 0.5) is 24.5 Å². The molecule has 4 rings (SSSR count). The molecule has 1 fully saturated rings. The van der Waals surface area contributed by atoms with Gasteiger partial charge in [0.05, 0.1) is 11.5 Å². The maximum absolute atomic E-state index is 13.0. The van der Waals surface area contributed by atoms with Gasteiger partial charge in [-0.05, 0) is 41.5 Å². The predicted molar refractivity (Wildman–Crippen MR) is 121 cm³/mol. The summed E-state index contributed by atoms with van der Waals surface area (Å²) in [6.07, 6.45) is -4.36. The number of nitrogens with zero attached hydrogens (tertiary/aromatic N) is 2. The van der Waals surface area contributed by atoms with E-state index in [1.807, 2.05) is 59.5 Å². The average Bonchev–Trinajstić information content (AvgIpc) is 2.85. The number of hydrogen-bond acceptors (Lipinski definition) is 4. The third-order valence-electron chi connectivity index (χ3n) is 5.92. The van der Waals surface area contributed by atoms with Gasteiger partial charge in [-0.25, -0.2) is 5.48 Å². The predicted octanol–water partition coefficient (Wildman–Crippen LogP) is 4.67. The minimum Gasteiger partial charge on any atom is -0.368 e. The number of hydrogen-bond donors (Lipinski definition) is 2. The van der Waals surface area contributed by atoms with Crippen LogP contribution in [0, 0.1) is 0 Å². The number of halogens is 3. The molecule has 3 aromatic carbocycles. The Balaban J connectivity index is 1.45. The zero-order valence-electron chi connectivity index (χ0n) is 17.8. The monoisotopic (exact) mass is 455 g/mol. The molecule has 1 aliphatic rings. The van der Waals surface area contributed by atoms with Crippen molar-refractivity contribution in [1.82, 2.24) is 5.48 Å². The number of alkyl halides is 3. The fourth-order valence-electron chi connectivity index (χ4n) is 4.18. The van der Waals surface area contributed by atoms with Gasteiger partial charge in [-0.15, -0.1) is 0 Å². The van der Waals surface area contributed by atoms with Gasteiger partial charge in [-0.3, -0.25) is 10.0 Å². The van der Waals surface area contributed by atoms with E-state index in [9.17, 15) is 23.2 Å². The lowest BCUT2D eigenvalue weighted by Crippen LogP contribution is -2.46. The molecule has 1 unspecified atom stereocenters. The highest BCUT2D eigenvalue weighted by molar-refractivity contribution is 5.86. The second-order valence-corrected chi connectivity index (χ2v) is 7.93. The van der Waals surface area contributed by atoms with Gasteiger partial charge in [0.1, 0.15) is 0 Å². The zero-order valence-corrected chi connectivity index (χ0v) is 17.8. The van der Waals surface area contributed by atoms with E-state index in [1.165, 1.54) is 12.1 Å². The van der Waals surface area contributed by atoms with Gasteiger partial charge >= 0.3 is 6.18 Å². The van der Waals surface area contributed by atoms with Crippen molar-refractivity contribution in [3.8, 4) is 0 Å². The van der Waals surface area contributed by atoms with Crippen molar-refractivity contribution in [3.63, 3.8) is 0 Å². The normalized spacial score (nSPS) is 15.3. The molecular weight excluding hydrogens is 431 g/mol. The van der Waals surface area contributed by atoms with Crippen LogP contribution in [0.25, 0.3) is 0 Å². The Kier molecular flexibility index (Phi) is 6.55. The molecule has 3 aromatic rings. The van der Waals surface area contributed by atoms with E-state index in [4.69, 9.17) is 0 Å². The first-order valence-corrected chi connectivity index (χ1v) is 10.6. The van der Waals surface area contributed by atoms with E-state index < -0.39 is 23.6 Å². The molecule has 1 atom stereocenters. The summed E-state index contributed by atoms with van der Waals surface area (Å²) in [6, 6.07) is 22.2. The lowest BCUT2D eigenvalue weighted by Gasteiger charge is -2.37. The Hall–Kier alpha value is -3.52. The Morgan fingerprint density at radius 1 is 0.788 bits per heavy atom. The molecule has 1 heterocycles. The highest BCUT2D eigenvalue weighted by Crippen LogP contribution is 2.32. The molecule has 0 bridgehead atoms. The second kappa shape index (κ2) is 9.54. The van der Waals surface area contributed by atoms with Crippen molar-refractivity contribution >= 4 is 17.3 Å². The molecule has 0 saturated carbocycles. The molecule has 33 heavy (non-hydrogen) atoms. The van der Waals surface area contributed by atoms with E-state index in [1.54, 1.807) is 11.5 Å². The Morgan fingerprint density at radius 3 is 1.94 bits per heavy atom. The van der Waals surface area contributed by atoms with E-state index >= 15 is 0 Å². The Bertz CT molecular complexity index is 1080. The lowest BCUT2D eigenvalue weighted by molar-refractivity contribution is -0.137. The number of amides is 1. The Morgan fingerprint density at radius 2 is 1.36 bits per heavy atom. The molecular formula is C25H24F3N3O2. The highest BCUT2D eigenvalue weighted by atomic mass is 19.4. The molecule has 0 spiro atoms. The lowest BCUT2D eigenvalue weighted by atomic mass is 9.90. The summed E-state index contributed by atoms with van der Waals surface area (Å²) in [5, 5.41) is 9.19. The van der Waals surface area contributed by atoms with Crippen LogP contribution >= 0.6 is 0 Å². The van der Waals surface area contributed by atoms with Crippen LogP contribution < -0.4 is 15.3 Å². The topological polar surface area (TPSA) is 55.8 Å². The first-order valence-electron chi connectivity index (χ1n) is 10.6. The number of carbonyl (C=O) groups excluding carboxylic acids is 1. The SMILES string of the molecule is O=C(NO)C(c1ccccc1)c1ccc(N2CCN(c3cccc(C(F)(F)F)c3)CC2)cc1. The molecule has 8 heteroatoms. The van der Waals surface area contributed by atoms with E-state index in [2.05, 4.69) is 4.90 Å². The molecule has 0 radical (unpaired) electrons. The van der Waals surface area contributed by atoms with Crippen LogP contribution in [0.5, 0.6) is 0 Å². The van der Waals surface area contributed by atoms with E-state index in [0.29, 0.717) is 31.9 Å². The average molecular weight is 455 g/mol. The molecule has 0 aromatic heterocycles. The summed E-state index contributed by atoms with van der Waals surface area (Å²) < 4.78 is 39.1. The van der Waals surface area contributed by atoms with Crippen LogP contribution in [0.2, 0.25) is 0 Å². The summed E-state index contributed by atoms with van der Waals surface area (Å²) in [6.45, 7) is 2.52. The summed E-state index contributed by atoms with van der Waals surface area (Å²) >= 11 is 0. The first kappa shape index (κ1) is 22.7. The highest BCUT2D eigenvalue weighted by Gasteiger charge is 2.31. The van der Waals surface area contributed by atoms with Crippen LogP contribution in [0.15, 0.2) is 78.9 Å². The maximum atomic E-state index is 13.0. The third kappa shape index (κ3) is 5.12. The van der Waals surface area contributed by atoms with Crippen molar-refractivity contribution in [2.24, 2.45) is 0 Å². The minimum absolute atomic E-state index is 0.511. The number of hydroxylamine groups is 1. The summed E-state index contributed by atoms with van der Waals surface area (Å²) in [5.74, 6) is -1.15. The summed E-state index contributed by atoms with van der Waals surface area (Å²) in [4.78, 5) is 16.4. The number of piperazine rings is 1. The molecule has 1 saturated heterocycles. The van der Waals surface area contributed by atoms with Crippen molar-refractivity contribution in [1.29, 1.82) is 0 Å².